The molecule has 0 spiro atoms. The Morgan fingerprint density at radius 2 is 1.88 bits per heavy atom. The van der Waals surface area contributed by atoms with Crippen molar-refractivity contribution in [2.45, 2.75) is 17.9 Å². The summed E-state index contributed by atoms with van der Waals surface area (Å²) in [7, 11) is -2.61. The van der Waals surface area contributed by atoms with Crippen molar-refractivity contribution in [3.8, 4) is 5.75 Å². The number of carbonyl (C=O) groups excluding carboxylic acids is 1. The molecule has 0 N–H and O–H groups in total. The van der Waals surface area contributed by atoms with E-state index in [0.717, 1.165) is 5.56 Å². The van der Waals surface area contributed by atoms with Crippen LogP contribution in [0.1, 0.15) is 17.2 Å². The molecular formula is C18H17NO5S. The van der Waals surface area contributed by atoms with Crippen molar-refractivity contribution in [1.29, 1.82) is 0 Å². The Morgan fingerprint density at radius 1 is 1.20 bits per heavy atom. The second-order valence-electron chi connectivity index (χ2n) is 5.55. The van der Waals surface area contributed by atoms with Crippen LogP contribution in [0.25, 0.3) is 0 Å². The fourth-order valence-corrected chi connectivity index (χ4v) is 3.96. The predicted molar refractivity (Wildman–Crippen MR) is 93.3 cm³/mol. The molecule has 7 heteroatoms. The van der Waals surface area contributed by atoms with E-state index in [-0.39, 0.29) is 10.6 Å². The first-order valence-corrected chi connectivity index (χ1v) is 8.95. The van der Waals surface area contributed by atoms with Crippen LogP contribution in [0.2, 0.25) is 0 Å². The van der Waals surface area contributed by atoms with E-state index < -0.39 is 22.2 Å². The third-order valence-corrected chi connectivity index (χ3v) is 5.62. The number of cyclic esters (lactones) is 1. The Bertz CT molecular complexity index is 934. The average molecular weight is 359 g/mol. The maximum absolute atomic E-state index is 13.0. The van der Waals surface area contributed by atoms with Crippen molar-refractivity contribution in [2.24, 2.45) is 0 Å². The van der Waals surface area contributed by atoms with E-state index >= 15 is 0 Å². The molecule has 2 aromatic carbocycles. The summed E-state index contributed by atoms with van der Waals surface area (Å²) in [5, 5.41) is 0. The molecule has 0 saturated heterocycles. The van der Waals surface area contributed by atoms with Crippen molar-refractivity contribution in [2.75, 3.05) is 11.4 Å². The normalized spacial score (nSPS) is 16.8. The van der Waals surface area contributed by atoms with Crippen LogP contribution in [0.4, 0.5) is 10.5 Å². The van der Waals surface area contributed by atoms with Gasteiger partial charge in [-0.05, 0) is 43.3 Å². The van der Waals surface area contributed by atoms with E-state index in [1.54, 1.807) is 24.3 Å². The van der Waals surface area contributed by atoms with Crippen LogP contribution in [0.15, 0.2) is 60.0 Å². The largest absolute Gasteiger partial charge is 0.497 e. The number of benzene rings is 2. The van der Waals surface area contributed by atoms with Gasteiger partial charge in [0, 0.05) is 5.56 Å². The molecule has 3 rings (SSSR count). The molecular weight excluding hydrogens is 342 g/mol. The van der Waals surface area contributed by atoms with Crippen LogP contribution >= 0.6 is 0 Å². The Balaban J connectivity index is 2.18. The predicted octanol–water partition coefficient (Wildman–Crippen LogP) is 3.58. The Morgan fingerprint density at radius 3 is 2.48 bits per heavy atom. The van der Waals surface area contributed by atoms with E-state index in [4.69, 9.17) is 9.47 Å². The van der Waals surface area contributed by atoms with Gasteiger partial charge >= 0.3 is 6.09 Å². The minimum atomic E-state index is -4.11. The topological polar surface area (TPSA) is 72.9 Å². The highest BCUT2D eigenvalue weighted by Gasteiger charge is 2.40. The smallest absolute Gasteiger partial charge is 0.429 e. The minimum absolute atomic E-state index is 0.00821. The first-order valence-electron chi connectivity index (χ1n) is 7.51. The van der Waals surface area contributed by atoms with Gasteiger partial charge in [-0.3, -0.25) is 0 Å². The zero-order valence-corrected chi connectivity index (χ0v) is 14.6. The van der Waals surface area contributed by atoms with E-state index in [9.17, 15) is 13.2 Å². The van der Waals surface area contributed by atoms with E-state index in [2.05, 4.69) is 6.58 Å². The number of ether oxygens (including phenoxy) is 2. The van der Waals surface area contributed by atoms with E-state index in [1.807, 2.05) is 6.92 Å². The fraction of sp³-hybridized carbons (Fsp3) is 0.167. The molecule has 0 saturated carbocycles. The second kappa shape index (κ2) is 6.25. The van der Waals surface area contributed by atoms with Crippen LogP contribution in [-0.4, -0.2) is 21.6 Å². The maximum Gasteiger partial charge on any atom is 0.429 e. The summed E-state index contributed by atoms with van der Waals surface area (Å²) in [5.74, 6) is 0.524. The molecule has 0 radical (unpaired) electrons. The van der Waals surface area contributed by atoms with Crippen molar-refractivity contribution >= 4 is 21.8 Å². The molecule has 130 valence electrons. The highest BCUT2D eigenvalue weighted by molar-refractivity contribution is 7.93. The molecule has 1 unspecified atom stereocenters. The molecule has 1 aliphatic rings. The Labute approximate surface area is 146 Å². The molecule has 1 aliphatic heterocycles. The van der Waals surface area contributed by atoms with Gasteiger partial charge in [-0.1, -0.05) is 24.3 Å². The van der Waals surface area contributed by atoms with Gasteiger partial charge in [0.25, 0.3) is 10.0 Å². The van der Waals surface area contributed by atoms with Gasteiger partial charge in [-0.2, -0.15) is 4.31 Å². The number of methoxy groups -OCH3 is 1. The lowest BCUT2D eigenvalue weighted by molar-refractivity contribution is 0.126. The SMILES string of the molecule is C=CC1OC(=O)N(S(=O)(=O)c2ccc(C)cc2)c2ccc(OC)cc21. The molecule has 25 heavy (non-hydrogen) atoms. The summed E-state index contributed by atoms with van der Waals surface area (Å²) < 4.78 is 37.1. The molecule has 6 nitrogen and oxygen atoms in total. The van der Waals surface area contributed by atoms with Crippen LogP contribution in [-0.2, 0) is 14.8 Å². The highest BCUT2D eigenvalue weighted by atomic mass is 32.2. The summed E-state index contributed by atoms with van der Waals surface area (Å²) in [6.07, 6.45) is -0.281. The van der Waals surface area contributed by atoms with Gasteiger partial charge in [-0.25, -0.2) is 13.2 Å². The standard InChI is InChI=1S/C18H17NO5S/c1-4-17-15-11-13(23-3)7-10-16(15)19(18(20)24-17)25(21,22)14-8-5-12(2)6-9-14/h4-11,17H,1H2,2-3H3. The van der Waals surface area contributed by atoms with Crippen molar-refractivity contribution < 1.29 is 22.7 Å². The summed E-state index contributed by atoms with van der Waals surface area (Å²) >= 11 is 0. The van der Waals surface area contributed by atoms with Crippen molar-refractivity contribution in [1.82, 2.24) is 0 Å². The van der Waals surface area contributed by atoms with E-state index in [0.29, 0.717) is 15.6 Å². The van der Waals surface area contributed by atoms with Gasteiger partial charge in [0.05, 0.1) is 17.7 Å². The molecule has 0 bridgehead atoms. The number of nitrogens with zero attached hydrogens (tertiary/aromatic N) is 1. The summed E-state index contributed by atoms with van der Waals surface area (Å²) in [5.41, 5.74) is 1.63. The number of hydrogen-bond acceptors (Lipinski definition) is 5. The first kappa shape index (κ1) is 17.0. The lowest BCUT2D eigenvalue weighted by Crippen LogP contribution is -2.41. The third kappa shape index (κ3) is 2.87. The lowest BCUT2D eigenvalue weighted by atomic mass is 10.1. The van der Waals surface area contributed by atoms with Crippen LogP contribution < -0.4 is 9.04 Å². The van der Waals surface area contributed by atoms with Gasteiger partial charge < -0.3 is 9.47 Å². The van der Waals surface area contributed by atoms with Gasteiger partial charge in [0.15, 0.2) is 0 Å². The molecule has 0 aliphatic carbocycles. The highest BCUT2D eigenvalue weighted by Crippen LogP contribution is 2.40. The minimum Gasteiger partial charge on any atom is -0.497 e. The Kier molecular flexibility index (Phi) is 4.26. The van der Waals surface area contributed by atoms with Crippen molar-refractivity contribution in [3.63, 3.8) is 0 Å². The summed E-state index contributed by atoms with van der Waals surface area (Å²) in [6, 6.07) is 11.0. The van der Waals surface area contributed by atoms with Gasteiger partial charge in [0.1, 0.15) is 11.9 Å². The second-order valence-corrected chi connectivity index (χ2v) is 7.33. The van der Waals surface area contributed by atoms with Crippen molar-refractivity contribution in [3.05, 3.63) is 66.2 Å². The van der Waals surface area contributed by atoms with Crippen LogP contribution in [0.5, 0.6) is 5.75 Å². The van der Waals surface area contributed by atoms with Gasteiger partial charge in [-0.15, -0.1) is 0 Å². The first-order chi connectivity index (χ1) is 11.9. The van der Waals surface area contributed by atoms with Gasteiger partial charge in [0.2, 0.25) is 0 Å². The number of carbonyl (C=O) groups is 1. The number of fused-ring (bicyclic) bond motifs is 1. The van der Waals surface area contributed by atoms with E-state index in [1.165, 1.54) is 31.4 Å². The maximum atomic E-state index is 13.0. The molecule has 0 aromatic heterocycles. The fourth-order valence-electron chi connectivity index (χ4n) is 2.61. The number of hydrogen-bond donors (Lipinski definition) is 0. The molecule has 1 atom stereocenters. The summed E-state index contributed by atoms with van der Waals surface area (Å²) in [6.45, 7) is 5.49. The quantitative estimate of drug-likeness (QED) is 0.780. The Hall–Kier alpha value is -2.80. The summed E-state index contributed by atoms with van der Waals surface area (Å²) in [4.78, 5) is 12.4. The van der Waals surface area contributed by atoms with Crippen LogP contribution in [0.3, 0.4) is 0 Å². The zero-order chi connectivity index (χ0) is 18.2. The number of rotatable bonds is 4. The number of anilines is 1. The third-order valence-electron chi connectivity index (χ3n) is 3.93. The zero-order valence-electron chi connectivity index (χ0n) is 13.8. The van der Waals surface area contributed by atoms with Crippen LogP contribution in [0, 0.1) is 6.92 Å². The average Bonchev–Trinajstić information content (AvgIpc) is 2.60. The number of aryl methyl sites for hydroxylation is 1. The molecule has 1 heterocycles. The lowest BCUT2D eigenvalue weighted by Gasteiger charge is -2.32. The number of sulfonamides is 1. The molecule has 2 aromatic rings. The number of amides is 1. The molecule has 1 amide bonds. The monoisotopic (exact) mass is 359 g/mol. The molecule has 0 fully saturated rings.